The second-order valence-corrected chi connectivity index (χ2v) is 14.1. The van der Waals surface area contributed by atoms with Gasteiger partial charge < -0.3 is 23.9 Å². The average Bonchev–Trinajstić information content (AvgIpc) is 2.98. The fourth-order valence-corrected chi connectivity index (χ4v) is 6.21. The van der Waals surface area contributed by atoms with Crippen molar-refractivity contribution in [2.75, 3.05) is 24.7 Å². The molecule has 0 fully saturated rings. The van der Waals surface area contributed by atoms with Crippen molar-refractivity contribution in [1.29, 1.82) is 0 Å². The summed E-state index contributed by atoms with van der Waals surface area (Å²) in [5, 5.41) is 10.2. The highest BCUT2D eigenvalue weighted by atomic mass is 32.2. The number of hydrogen-bond acceptors (Lipinski definition) is 10. The molecule has 0 atom stereocenters. The van der Waals surface area contributed by atoms with Gasteiger partial charge in [0.2, 0.25) is 11.0 Å². The van der Waals surface area contributed by atoms with Crippen molar-refractivity contribution >= 4 is 54.0 Å². The third kappa shape index (κ3) is 9.16. The van der Waals surface area contributed by atoms with Crippen LogP contribution in [0, 0.1) is 13.8 Å². The van der Waals surface area contributed by atoms with E-state index < -0.39 is 43.7 Å². The SMILES string of the molecule is CCCOc1ccc2c(c1)c(C(=O)Oc1c(C)cc(C(=O)O)cc1C)c1cc(OCCCS(=O)(=O)O)ccc1[n+]2CCCS(=O)(=O)[O-]. The number of ether oxygens (including phenoxy) is 3. The average molecular weight is 690 g/mol. The van der Waals surface area contributed by atoms with E-state index in [1.165, 1.54) is 12.1 Å². The van der Waals surface area contributed by atoms with E-state index in [1.807, 2.05) is 6.92 Å². The lowest BCUT2D eigenvalue weighted by atomic mass is 10.0. The summed E-state index contributed by atoms with van der Waals surface area (Å²) in [6.45, 7) is 5.61. The summed E-state index contributed by atoms with van der Waals surface area (Å²) in [6.07, 6.45) is 0.703. The summed E-state index contributed by atoms with van der Waals surface area (Å²) in [5.41, 5.74) is 1.98. The van der Waals surface area contributed by atoms with Crippen LogP contribution in [0.4, 0.5) is 0 Å². The zero-order valence-corrected chi connectivity index (χ0v) is 27.6. The molecule has 0 saturated carbocycles. The second-order valence-electron chi connectivity index (χ2n) is 11.0. The van der Waals surface area contributed by atoms with Crippen LogP contribution >= 0.6 is 0 Å². The Morgan fingerprint density at radius 1 is 0.830 bits per heavy atom. The van der Waals surface area contributed by atoms with Gasteiger partial charge in [0, 0.05) is 24.3 Å². The number of aromatic nitrogens is 1. The maximum absolute atomic E-state index is 14.2. The van der Waals surface area contributed by atoms with Gasteiger partial charge in [0.15, 0.2) is 6.54 Å². The van der Waals surface area contributed by atoms with Crippen LogP contribution < -0.4 is 18.8 Å². The quantitative estimate of drug-likeness (QED) is 0.0451. The van der Waals surface area contributed by atoms with E-state index in [1.54, 1.807) is 54.8 Å². The zero-order chi connectivity index (χ0) is 34.5. The molecule has 1 heterocycles. The molecule has 0 aliphatic rings. The Labute approximate surface area is 272 Å². The molecule has 0 spiro atoms. The molecule has 3 aromatic carbocycles. The van der Waals surface area contributed by atoms with E-state index in [9.17, 15) is 36.1 Å². The second kappa shape index (κ2) is 14.6. The molecule has 4 aromatic rings. The first kappa shape index (κ1) is 35.5. The van der Waals surface area contributed by atoms with Gasteiger partial charge in [0.1, 0.15) is 17.2 Å². The van der Waals surface area contributed by atoms with Gasteiger partial charge in [-0.2, -0.15) is 13.0 Å². The van der Waals surface area contributed by atoms with Crippen molar-refractivity contribution in [3.8, 4) is 17.2 Å². The molecule has 252 valence electrons. The number of rotatable bonds is 15. The molecule has 4 rings (SSSR count). The third-order valence-electron chi connectivity index (χ3n) is 7.23. The molecular formula is C32H35NO12S2. The third-order valence-corrected chi connectivity index (χ3v) is 8.82. The minimum atomic E-state index is -4.50. The number of carbonyl (C=O) groups excluding carboxylic acids is 1. The van der Waals surface area contributed by atoms with Crippen molar-refractivity contribution in [2.24, 2.45) is 0 Å². The Kier molecular flexibility index (Phi) is 11.1. The number of benzene rings is 3. The lowest BCUT2D eigenvalue weighted by Crippen LogP contribution is -2.37. The van der Waals surface area contributed by atoms with Crippen LogP contribution in [0.1, 0.15) is 58.0 Å². The molecule has 47 heavy (non-hydrogen) atoms. The van der Waals surface area contributed by atoms with Crippen LogP contribution in [0.15, 0.2) is 48.5 Å². The summed E-state index contributed by atoms with van der Waals surface area (Å²) in [7, 11) is -8.69. The summed E-state index contributed by atoms with van der Waals surface area (Å²) in [5.74, 6) is -2.12. The molecule has 0 saturated heterocycles. The molecule has 0 aliphatic heterocycles. The number of carbonyl (C=O) groups is 2. The van der Waals surface area contributed by atoms with Crippen molar-refractivity contribution < 1.29 is 59.4 Å². The molecular weight excluding hydrogens is 654 g/mol. The van der Waals surface area contributed by atoms with Gasteiger partial charge >= 0.3 is 11.9 Å². The largest absolute Gasteiger partial charge is 0.748 e. The van der Waals surface area contributed by atoms with Crippen LogP contribution in [-0.2, 0) is 26.8 Å². The number of pyridine rings is 1. The molecule has 15 heteroatoms. The molecule has 2 N–H and O–H groups in total. The molecule has 0 radical (unpaired) electrons. The fourth-order valence-electron chi connectivity index (χ4n) is 5.25. The summed E-state index contributed by atoms with van der Waals surface area (Å²) in [6, 6.07) is 12.7. The Morgan fingerprint density at radius 2 is 1.38 bits per heavy atom. The number of fused-ring (bicyclic) bond motifs is 2. The van der Waals surface area contributed by atoms with E-state index in [0.29, 0.717) is 45.3 Å². The van der Waals surface area contributed by atoms with Crippen LogP contribution in [0.3, 0.4) is 0 Å². The predicted molar refractivity (Wildman–Crippen MR) is 171 cm³/mol. The van der Waals surface area contributed by atoms with E-state index in [0.717, 1.165) is 6.42 Å². The maximum atomic E-state index is 14.2. The normalized spacial score (nSPS) is 11.9. The van der Waals surface area contributed by atoms with Gasteiger partial charge in [-0.15, -0.1) is 0 Å². The maximum Gasteiger partial charge on any atom is 0.345 e. The first-order chi connectivity index (χ1) is 22.1. The van der Waals surface area contributed by atoms with Gasteiger partial charge in [-0.1, -0.05) is 6.92 Å². The smallest absolute Gasteiger partial charge is 0.345 e. The molecule has 0 amide bonds. The minimum Gasteiger partial charge on any atom is -0.748 e. The van der Waals surface area contributed by atoms with Crippen molar-refractivity contribution in [1.82, 2.24) is 0 Å². The Balaban J connectivity index is 1.93. The topological polar surface area (TPSA) is 198 Å². The highest BCUT2D eigenvalue weighted by molar-refractivity contribution is 7.85. The highest BCUT2D eigenvalue weighted by Crippen LogP contribution is 2.33. The molecule has 0 bridgehead atoms. The van der Waals surface area contributed by atoms with E-state index in [4.69, 9.17) is 18.8 Å². The molecule has 1 aromatic heterocycles. The van der Waals surface area contributed by atoms with Crippen LogP contribution in [0.2, 0.25) is 0 Å². The van der Waals surface area contributed by atoms with E-state index in [-0.39, 0.29) is 48.6 Å². The zero-order valence-electron chi connectivity index (χ0n) is 26.0. The monoisotopic (exact) mass is 689 g/mol. The summed E-state index contributed by atoms with van der Waals surface area (Å²) in [4.78, 5) is 25.8. The standard InChI is InChI=1S/C32H35NO12S2/c1-4-12-43-23-7-9-27-25(18-23)29(32(36)45-30-20(2)16-22(31(34)35)17-21(30)3)26-19-24(44-13-6-15-47(40,41)42)8-10-28(26)33(27)11-5-14-46(37,38)39/h7-10,16-19H,4-6,11-15H2,1-3H3,(H2-,34,35,37,38,39,40,41,42). The first-order valence-electron chi connectivity index (χ1n) is 14.7. The number of carboxylic acid groups (broad SMARTS) is 1. The minimum absolute atomic E-state index is 0.00379. The van der Waals surface area contributed by atoms with Crippen LogP contribution in [0.25, 0.3) is 21.8 Å². The number of aryl methyl sites for hydroxylation is 3. The number of nitrogens with zero attached hydrogens (tertiary/aromatic N) is 1. The van der Waals surface area contributed by atoms with Gasteiger partial charge in [-0.3, -0.25) is 4.55 Å². The van der Waals surface area contributed by atoms with Gasteiger partial charge in [-0.05, 0) is 74.2 Å². The number of aromatic carboxylic acids is 1. The fraction of sp³-hybridized carbons (Fsp3) is 0.344. The van der Waals surface area contributed by atoms with Gasteiger partial charge in [0.05, 0.1) is 51.0 Å². The van der Waals surface area contributed by atoms with Crippen molar-refractivity contribution in [2.45, 2.75) is 46.6 Å². The van der Waals surface area contributed by atoms with E-state index >= 15 is 0 Å². The lowest BCUT2D eigenvalue weighted by molar-refractivity contribution is -0.645. The summed E-state index contributed by atoms with van der Waals surface area (Å²) >= 11 is 0. The van der Waals surface area contributed by atoms with Gasteiger partial charge in [0.25, 0.3) is 10.1 Å². The Bertz CT molecular complexity index is 2040. The predicted octanol–water partition coefficient (Wildman–Crippen LogP) is 4.20. The van der Waals surface area contributed by atoms with Crippen LogP contribution in [-0.4, -0.2) is 67.7 Å². The molecule has 0 aliphatic carbocycles. The first-order valence-corrected chi connectivity index (χ1v) is 17.9. The number of esters is 1. The van der Waals surface area contributed by atoms with Crippen molar-refractivity contribution in [3.63, 3.8) is 0 Å². The van der Waals surface area contributed by atoms with Crippen molar-refractivity contribution in [3.05, 3.63) is 70.8 Å². The van der Waals surface area contributed by atoms with Gasteiger partial charge in [-0.25, -0.2) is 18.0 Å². The number of carboxylic acids is 1. The molecule has 13 nitrogen and oxygen atoms in total. The Hall–Kier alpha value is -4.31. The lowest BCUT2D eigenvalue weighted by Gasteiger charge is -2.16. The highest BCUT2D eigenvalue weighted by Gasteiger charge is 2.28. The van der Waals surface area contributed by atoms with E-state index in [2.05, 4.69) is 0 Å². The Morgan fingerprint density at radius 3 is 1.87 bits per heavy atom. The van der Waals surface area contributed by atoms with Crippen LogP contribution in [0.5, 0.6) is 17.2 Å². The summed E-state index contributed by atoms with van der Waals surface area (Å²) < 4.78 is 84.9. The molecule has 0 unspecified atom stereocenters. The number of hydrogen-bond donors (Lipinski definition) is 2.